The van der Waals surface area contributed by atoms with Crippen molar-refractivity contribution < 1.29 is 9.53 Å². The number of nitrogens with zero attached hydrogens (tertiary/aromatic N) is 3. The van der Waals surface area contributed by atoms with Gasteiger partial charge >= 0.3 is 0 Å². The molecule has 0 aliphatic heterocycles. The fourth-order valence-corrected chi connectivity index (χ4v) is 4.37. The molecule has 3 rings (SSSR count). The van der Waals surface area contributed by atoms with Gasteiger partial charge in [0.05, 0.1) is 17.9 Å². The van der Waals surface area contributed by atoms with E-state index in [1.165, 1.54) is 17.3 Å². The molecule has 162 valence electrons. The van der Waals surface area contributed by atoms with Crippen molar-refractivity contribution in [3.63, 3.8) is 0 Å². The Morgan fingerprint density at radius 2 is 1.90 bits per heavy atom. The van der Waals surface area contributed by atoms with Crippen LogP contribution < -0.4 is 10.1 Å². The molecule has 0 aliphatic carbocycles. The number of carbonyl (C=O) groups is 1. The first-order chi connectivity index (χ1) is 14.8. The van der Waals surface area contributed by atoms with E-state index in [4.69, 9.17) is 4.74 Å². The number of anilines is 1. The summed E-state index contributed by atoms with van der Waals surface area (Å²) < 4.78 is 7.43. The third kappa shape index (κ3) is 4.99. The van der Waals surface area contributed by atoms with Crippen LogP contribution in [-0.4, -0.2) is 33.0 Å². The number of aromatic nitrogens is 3. The maximum atomic E-state index is 12.9. The van der Waals surface area contributed by atoms with Crippen LogP contribution in [0.2, 0.25) is 0 Å². The highest BCUT2D eigenvalue weighted by molar-refractivity contribution is 8.00. The van der Waals surface area contributed by atoms with Crippen LogP contribution in [0, 0.1) is 20.8 Å². The highest BCUT2D eigenvalue weighted by atomic mass is 32.2. The van der Waals surface area contributed by atoms with Crippen LogP contribution in [-0.2, 0) is 11.3 Å². The third-order valence-corrected chi connectivity index (χ3v) is 6.03. The Balaban J connectivity index is 1.84. The number of aryl methyl sites for hydroxylation is 3. The summed E-state index contributed by atoms with van der Waals surface area (Å²) in [6.45, 7) is 12.3. The summed E-state index contributed by atoms with van der Waals surface area (Å²) in [5.74, 6) is 1.32. The van der Waals surface area contributed by atoms with Crippen molar-refractivity contribution in [3.05, 3.63) is 65.7 Å². The van der Waals surface area contributed by atoms with Gasteiger partial charge in [0, 0.05) is 12.2 Å². The van der Waals surface area contributed by atoms with Gasteiger partial charge in [0.1, 0.15) is 5.75 Å². The second kappa shape index (κ2) is 9.83. The number of hydrogen-bond acceptors (Lipinski definition) is 5. The van der Waals surface area contributed by atoms with Gasteiger partial charge in [-0.05, 0) is 51.0 Å². The molecule has 0 saturated carbocycles. The number of carbonyl (C=O) groups excluding carboxylic acids is 1. The van der Waals surface area contributed by atoms with Crippen LogP contribution >= 0.6 is 11.8 Å². The molecule has 1 N–H and O–H groups in total. The molecule has 1 atom stereocenters. The molecule has 0 spiro atoms. The molecule has 2 aromatic carbocycles. The van der Waals surface area contributed by atoms with Crippen molar-refractivity contribution in [2.45, 2.75) is 44.6 Å². The zero-order chi connectivity index (χ0) is 22.5. The van der Waals surface area contributed by atoms with E-state index in [1.54, 1.807) is 13.2 Å². The molecule has 31 heavy (non-hydrogen) atoms. The Kier molecular flexibility index (Phi) is 7.17. The highest BCUT2D eigenvalue weighted by Crippen LogP contribution is 2.32. The largest absolute Gasteiger partial charge is 0.496 e. The molecule has 1 aromatic heterocycles. The van der Waals surface area contributed by atoms with Crippen LogP contribution in [0.5, 0.6) is 5.75 Å². The first-order valence-corrected chi connectivity index (χ1v) is 11.0. The number of benzene rings is 2. The number of hydrogen-bond donors (Lipinski definition) is 1. The molecular formula is C24H28N4O2S. The Morgan fingerprint density at radius 1 is 1.23 bits per heavy atom. The van der Waals surface area contributed by atoms with Gasteiger partial charge in [0.15, 0.2) is 11.0 Å². The van der Waals surface area contributed by atoms with Gasteiger partial charge in [-0.15, -0.1) is 16.8 Å². The maximum absolute atomic E-state index is 12.9. The van der Waals surface area contributed by atoms with Gasteiger partial charge in [-0.3, -0.25) is 9.36 Å². The van der Waals surface area contributed by atoms with Crippen LogP contribution in [0.4, 0.5) is 5.69 Å². The van der Waals surface area contributed by atoms with E-state index in [1.807, 2.05) is 49.6 Å². The second-order valence-corrected chi connectivity index (χ2v) is 8.74. The fourth-order valence-electron chi connectivity index (χ4n) is 3.51. The second-order valence-electron chi connectivity index (χ2n) is 7.43. The van der Waals surface area contributed by atoms with Gasteiger partial charge in [-0.1, -0.05) is 47.7 Å². The van der Waals surface area contributed by atoms with E-state index in [-0.39, 0.29) is 11.2 Å². The van der Waals surface area contributed by atoms with Crippen LogP contribution in [0.25, 0.3) is 11.4 Å². The number of ether oxygens (including phenoxy) is 1. The van der Waals surface area contributed by atoms with E-state index in [9.17, 15) is 4.79 Å². The Labute approximate surface area is 187 Å². The molecule has 7 heteroatoms. The van der Waals surface area contributed by atoms with Crippen molar-refractivity contribution >= 4 is 23.4 Å². The summed E-state index contributed by atoms with van der Waals surface area (Å²) in [7, 11) is 1.63. The first kappa shape index (κ1) is 22.6. The van der Waals surface area contributed by atoms with Crippen molar-refractivity contribution in [2.75, 3.05) is 12.4 Å². The molecular weight excluding hydrogens is 408 g/mol. The standard InChI is InChI=1S/C24H28N4O2S/c1-7-12-28-22(19-10-8-9-11-20(19)30-6)26-27-24(28)31-18(5)23(29)25-21-16(3)13-15(2)14-17(21)4/h7-11,13-14,18H,1,12H2,2-6H3,(H,25,29). The molecule has 0 saturated heterocycles. The van der Waals surface area contributed by atoms with Gasteiger partial charge in [-0.25, -0.2) is 0 Å². The Morgan fingerprint density at radius 3 is 2.55 bits per heavy atom. The monoisotopic (exact) mass is 436 g/mol. The molecule has 0 fully saturated rings. The van der Waals surface area contributed by atoms with E-state index < -0.39 is 0 Å². The number of amides is 1. The number of rotatable bonds is 8. The molecule has 6 nitrogen and oxygen atoms in total. The Bertz CT molecular complexity index is 1080. The minimum atomic E-state index is -0.363. The summed E-state index contributed by atoms with van der Waals surface area (Å²) in [5.41, 5.74) is 4.99. The highest BCUT2D eigenvalue weighted by Gasteiger charge is 2.22. The van der Waals surface area contributed by atoms with E-state index >= 15 is 0 Å². The van der Waals surface area contributed by atoms with Crippen molar-refractivity contribution in [3.8, 4) is 17.1 Å². The predicted octanol–water partition coefficient (Wildman–Crippen LogP) is 5.18. The van der Waals surface area contributed by atoms with Crippen LogP contribution in [0.3, 0.4) is 0 Å². The van der Waals surface area contributed by atoms with Gasteiger partial charge in [0.2, 0.25) is 5.91 Å². The summed E-state index contributed by atoms with van der Waals surface area (Å²) in [6, 6.07) is 11.8. The number of para-hydroxylation sites is 1. The van der Waals surface area contributed by atoms with Crippen molar-refractivity contribution in [2.24, 2.45) is 0 Å². The minimum absolute atomic E-state index is 0.0768. The van der Waals surface area contributed by atoms with E-state index in [2.05, 4.69) is 41.1 Å². The maximum Gasteiger partial charge on any atom is 0.237 e. The van der Waals surface area contributed by atoms with Gasteiger partial charge < -0.3 is 10.1 Å². The van der Waals surface area contributed by atoms with E-state index in [0.29, 0.717) is 23.3 Å². The smallest absolute Gasteiger partial charge is 0.237 e. The van der Waals surface area contributed by atoms with Gasteiger partial charge in [-0.2, -0.15) is 0 Å². The SMILES string of the molecule is C=CCn1c(SC(C)C(=O)Nc2c(C)cc(C)cc2C)nnc1-c1ccccc1OC. The lowest BCUT2D eigenvalue weighted by molar-refractivity contribution is -0.115. The zero-order valence-corrected chi connectivity index (χ0v) is 19.4. The van der Waals surface area contributed by atoms with Crippen LogP contribution in [0.1, 0.15) is 23.6 Å². The third-order valence-electron chi connectivity index (χ3n) is 4.95. The van der Waals surface area contributed by atoms with Crippen molar-refractivity contribution in [1.82, 2.24) is 14.8 Å². The number of methoxy groups -OCH3 is 1. The van der Waals surface area contributed by atoms with E-state index in [0.717, 1.165) is 22.4 Å². The average Bonchev–Trinajstić information content (AvgIpc) is 3.12. The summed E-state index contributed by atoms with van der Waals surface area (Å²) >= 11 is 1.37. The lowest BCUT2D eigenvalue weighted by atomic mass is 10.1. The normalized spacial score (nSPS) is 11.8. The predicted molar refractivity (Wildman–Crippen MR) is 127 cm³/mol. The molecule has 0 radical (unpaired) electrons. The van der Waals surface area contributed by atoms with Crippen molar-refractivity contribution in [1.29, 1.82) is 0 Å². The first-order valence-electron chi connectivity index (χ1n) is 10.1. The average molecular weight is 437 g/mol. The fraction of sp³-hybridized carbons (Fsp3) is 0.292. The lowest BCUT2D eigenvalue weighted by Gasteiger charge is -2.16. The molecule has 1 unspecified atom stereocenters. The van der Waals surface area contributed by atoms with Gasteiger partial charge in [0.25, 0.3) is 0 Å². The lowest BCUT2D eigenvalue weighted by Crippen LogP contribution is -2.24. The molecule has 1 amide bonds. The molecule has 0 bridgehead atoms. The molecule has 3 aromatic rings. The zero-order valence-electron chi connectivity index (χ0n) is 18.6. The van der Waals surface area contributed by atoms with Crippen LogP contribution in [0.15, 0.2) is 54.2 Å². The Hall–Kier alpha value is -3.06. The summed E-state index contributed by atoms with van der Waals surface area (Å²) in [5, 5.41) is 12.1. The summed E-state index contributed by atoms with van der Waals surface area (Å²) in [6.07, 6.45) is 1.79. The minimum Gasteiger partial charge on any atom is -0.496 e. The summed E-state index contributed by atoms with van der Waals surface area (Å²) in [4.78, 5) is 12.9. The molecule has 1 heterocycles. The quantitative estimate of drug-likeness (QED) is 0.389. The number of nitrogens with one attached hydrogen (secondary N) is 1. The topological polar surface area (TPSA) is 69.0 Å². The number of thioether (sulfide) groups is 1. The molecule has 0 aliphatic rings. The number of allylic oxidation sites excluding steroid dienone is 1.